The third-order valence-electron chi connectivity index (χ3n) is 4.17. The van der Waals surface area contributed by atoms with Crippen molar-refractivity contribution in [2.75, 3.05) is 26.7 Å². The fourth-order valence-electron chi connectivity index (χ4n) is 3.01. The molecular weight excluding hydrogens is 262 g/mol. The number of aromatic nitrogens is 2. The summed E-state index contributed by atoms with van der Waals surface area (Å²) in [4.78, 5) is 17.8. The summed E-state index contributed by atoms with van der Waals surface area (Å²) in [5.74, 6) is -0.362. The Morgan fingerprint density at radius 1 is 1.45 bits per heavy atom. The number of carboxylic acid groups (broad SMARTS) is 1. The summed E-state index contributed by atoms with van der Waals surface area (Å²) >= 11 is 0. The molecule has 0 radical (unpaired) electrons. The van der Waals surface area contributed by atoms with Crippen LogP contribution in [0.2, 0.25) is 0 Å². The first kappa shape index (κ1) is 13.5. The van der Waals surface area contributed by atoms with Gasteiger partial charge >= 0.3 is 5.97 Å². The molecular formula is C13H19N3O4. The van der Waals surface area contributed by atoms with E-state index in [0.29, 0.717) is 24.7 Å². The van der Waals surface area contributed by atoms with E-state index in [0.717, 1.165) is 25.9 Å². The van der Waals surface area contributed by atoms with Gasteiger partial charge in [0, 0.05) is 13.1 Å². The van der Waals surface area contributed by atoms with Gasteiger partial charge in [0.15, 0.2) is 0 Å². The number of rotatable bonds is 3. The van der Waals surface area contributed by atoms with E-state index < -0.39 is 11.9 Å². The second kappa shape index (κ2) is 5.49. The highest BCUT2D eigenvalue weighted by atomic mass is 16.5. The van der Waals surface area contributed by atoms with Crippen LogP contribution in [0.4, 0.5) is 0 Å². The van der Waals surface area contributed by atoms with Crippen LogP contribution in [0.1, 0.15) is 43.0 Å². The van der Waals surface area contributed by atoms with Gasteiger partial charge in [0.05, 0.1) is 18.4 Å². The van der Waals surface area contributed by atoms with Crippen molar-refractivity contribution in [1.82, 2.24) is 15.0 Å². The summed E-state index contributed by atoms with van der Waals surface area (Å²) in [7, 11) is 2.02. The number of likely N-dealkylation sites (N-methyl/N-ethyl adjacent to an activating group) is 1. The van der Waals surface area contributed by atoms with Crippen LogP contribution < -0.4 is 0 Å². The normalized spacial score (nSPS) is 31.6. The summed E-state index contributed by atoms with van der Waals surface area (Å²) in [5.41, 5.74) is 0. The van der Waals surface area contributed by atoms with E-state index in [2.05, 4.69) is 15.0 Å². The van der Waals surface area contributed by atoms with E-state index in [-0.39, 0.29) is 12.0 Å². The molecule has 0 aromatic carbocycles. The summed E-state index contributed by atoms with van der Waals surface area (Å²) in [6.07, 6.45) is 2.18. The average molecular weight is 281 g/mol. The Morgan fingerprint density at radius 2 is 2.30 bits per heavy atom. The van der Waals surface area contributed by atoms with Crippen LogP contribution in [0.5, 0.6) is 0 Å². The maximum atomic E-state index is 11.2. The Kier molecular flexibility index (Phi) is 3.71. The molecule has 3 atom stereocenters. The highest BCUT2D eigenvalue weighted by molar-refractivity contribution is 5.71. The zero-order valence-corrected chi connectivity index (χ0v) is 11.5. The van der Waals surface area contributed by atoms with Crippen LogP contribution in [0.25, 0.3) is 0 Å². The van der Waals surface area contributed by atoms with Crippen LogP contribution in [-0.4, -0.2) is 52.9 Å². The number of hydrogen-bond acceptors (Lipinski definition) is 6. The van der Waals surface area contributed by atoms with Crippen molar-refractivity contribution in [1.29, 1.82) is 0 Å². The smallest absolute Gasteiger partial charge is 0.307 e. The highest BCUT2D eigenvalue weighted by Crippen LogP contribution is 2.39. The minimum Gasteiger partial charge on any atom is -0.481 e. The maximum Gasteiger partial charge on any atom is 0.307 e. The quantitative estimate of drug-likeness (QED) is 0.885. The molecule has 3 rings (SSSR count). The molecule has 110 valence electrons. The second-order valence-electron chi connectivity index (χ2n) is 5.59. The Morgan fingerprint density at radius 3 is 3.05 bits per heavy atom. The largest absolute Gasteiger partial charge is 0.481 e. The molecule has 0 amide bonds. The molecule has 20 heavy (non-hydrogen) atoms. The Bertz CT molecular complexity index is 490. The lowest BCUT2D eigenvalue weighted by Gasteiger charge is -2.27. The van der Waals surface area contributed by atoms with Gasteiger partial charge in [-0.1, -0.05) is 11.6 Å². The molecule has 1 aromatic heterocycles. The first-order chi connectivity index (χ1) is 9.65. The number of nitrogens with zero attached hydrogens (tertiary/aromatic N) is 3. The van der Waals surface area contributed by atoms with Gasteiger partial charge in [0.2, 0.25) is 11.7 Å². The van der Waals surface area contributed by atoms with Crippen LogP contribution in [-0.2, 0) is 9.53 Å². The molecule has 2 heterocycles. The number of carbonyl (C=O) groups is 1. The molecule has 1 saturated heterocycles. The summed E-state index contributed by atoms with van der Waals surface area (Å²) in [6.45, 7) is 2.27. The lowest BCUT2D eigenvalue weighted by molar-refractivity contribution is -0.142. The van der Waals surface area contributed by atoms with E-state index in [1.807, 2.05) is 7.05 Å². The summed E-state index contributed by atoms with van der Waals surface area (Å²) in [6, 6.07) is 0. The van der Waals surface area contributed by atoms with Crippen molar-refractivity contribution in [2.24, 2.45) is 5.92 Å². The van der Waals surface area contributed by atoms with Crippen LogP contribution in [0.15, 0.2) is 4.52 Å². The van der Waals surface area contributed by atoms with Crippen molar-refractivity contribution < 1.29 is 19.2 Å². The van der Waals surface area contributed by atoms with E-state index in [1.165, 1.54) is 0 Å². The van der Waals surface area contributed by atoms with Crippen LogP contribution >= 0.6 is 0 Å². The Labute approximate surface area is 116 Å². The second-order valence-corrected chi connectivity index (χ2v) is 5.59. The first-order valence-corrected chi connectivity index (χ1v) is 7.01. The standard InChI is InChI=1S/C13H19N3O4/c1-16-5-6-19-10(7-16)11-14-12(20-15-11)8-3-2-4-9(8)13(17)18/h8-10H,2-7H2,1H3,(H,17,18). The molecule has 1 N–H and O–H groups in total. The van der Waals surface area contributed by atoms with Gasteiger partial charge in [-0.05, 0) is 19.9 Å². The number of aliphatic carboxylic acids is 1. The van der Waals surface area contributed by atoms with E-state index >= 15 is 0 Å². The summed E-state index contributed by atoms with van der Waals surface area (Å²) < 4.78 is 10.9. The van der Waals surface area contributed by atoms with E-state index in [9.17, 15) is 9.90 Å². The SMILES string of the molecule is CN1CCOC(c2noc(C3CCCC3C(=O)O)n2)C1. The Balaban J connectivity index is 1.74. The topological polar surface area (TPSA) is 88.7 Å². The molecule has 7 nitrogen and oxygen atoms in total. The van der Waals surface area contributed by atoms with Gasteiger partial charge in [-0.3, -0.25) is 4.79 Å². The zero-order valence-electron chi connectivity index (χ0n) is 11.5. The van der Waals surface area contributed by atoms with Crippen molar-refractivity contribution in [3.8, 4) is 0 Å². The molecule has 2 aliphatic rings. The van der Waals surface area contributed by atoms with Crippen LogP contribution in [0.3, 0.4) is 0 Å². The Hall–Kier alpha value is -1.47. The minimum absolute atomic E-state index is 0.157. The molecule has 1 aliphatic heterocycles. The number of carboxylic acids is 1. The number of morpholine rings is 1. The monoisotopic (exact) mass is 281 g/mol. The van der Waals surface area contributed by atoms with Crippen molar-refractivity contribution in [3.63, 3.8) is 0 Å². The molecule has 7 heteroatoms. The predicted octanol–water partition coefficient (Wildman–Crippen LogP) is 1.04. The van der Waals surface area contributed by atoms with Gasteiger partial charge in [0.1, 0.15) is 6.10 Å². The third kappa shape index (κ3) is 2.55. The zero-order chi connectivity index (χ0) is 14.1. The molecule has 1 aliphatic carbocycles. The van der Waals surface area contributed by atoms with Crippen molar-refractivity contribution in [3.05, 3.63) is 11.7 Å². The molecule has 1 aromatic rings. The van der Waals surface area contributed by atoms with Crippen molar-refractivity contribution >= 4 is 5.97 Å². The van der Waals surface area contributed by atoms with Crippen LogP contribution in [0, 0.1) is 5.92 Å². The average Bonchev–Trinajstić information content (AvgIpc) is 3.07. The maximum absolute atomic E-state index is 11.2. The highest BCUT2D eigenvalue weighted by Gasteiger charge is 2.38. The number of ether oxygens (including phenoxy) is 1. The first-order valence-electron chi connectivity index (χ1n) is 7.01. The lowest BCUT2D eigenvalue weighted by atomic mass is 9.96. The van der Waals surface area contributed by atoms with E-state index in [4.69, 9.17) is 9.26 Å². The van der Waals surface area contributed by atoms with Gasteiger partial charge in [-0.25, -0.2) is 0 Å². The molecule has 0 bridgehead atoms. The van der Waals surface area contributed by atoms with Gasteiger partial charge in [0.25, 0.3) is 0 Å². The lowest BCUT2D eigenvalue weighted by Crippen LogP contribution is -2.35. The van der Waals surface area contributed by atoms with Gasteiger partial charge < -0.3 is 19.3 Å². The summed E-state index contributed by atoms with van der Waals surface area (Å²) in [5, 5.41) is 13.2. The van der Waals surface area contributed by atoms with Gasteiger partial charge in [-0.2, -0.15) is 4.98 Å². The minimum atomic E-state index is -0.777. The fourth-order valence-corrected chi connectivity index (χ4v) is 3.01. The van der Waals surface area contributed by atoms with Gasteiger partial charge in [-0.15, -0.1) is 0 Å². The number of hydrogen-bond donors (Lipinski definition) is 1. The van der Waals surface area contributed by atoms with Crippen molar-refractivity contribution in [2.45, 2.75) is 31.3 Å². The molecule has 3 unspecified atom stereocenters. The molecule has 1 saturated carbocycles. The molecule has 0 spiro atoms. The van der Waals surface area contributed by atoms with E-state index in [1.54, 1.807) is 0 Å². The predicted molar refractivity (Wildman–Crippen MR) is 68.2 cm³/mol. The third-order valence-corrected chi connectivity index (χ3v) is 4.17. The molecule has 2 fully saturated rings. The fraction of sp³-hybridized carbons (Fsp3) is 0.769.